The van der Waals surface area contributed by atoms with Crippen LogP contribution in [-0.4, -0.2) is 166 Å². The summed E-state index contributed by atoms with van der Waals surface area (Å²) < 4.78 is 0. The maximum atomic E-state index is 14.5. The number of aromatic hydroxyl groups is 1. The summed E-state index contributed by atoms with van der Waals surface area (Å²) in [5, 5.41) is 35.1. The number of hydrogen-bond acceptors (Lipinski definition) is 17. The summed E-state index contributed by atoms with van der Waals surface area (Å²) in [5.41, 5.74) is 29.2. The Bertz CT molecular complexity index is 2380. The van der Waals surface area contributed by atoms with E-state index in [1.54, 1.807) is 30.3 Å². The van der Waals surface area contributed by atoms with Gasteiger partial charge in [-0.15, -0.1) is 0 Å². The van der Waals surface area contributed by atoms with Crippen molar-refractivity contribution in [2.45, 2.75) is 113 Å². The van der Waals surface area contributed by atoms with Gasteiger partial charge in [0.2, 0.25) is 65.0 Å². The van der Waals surface area contributed by atoms with Gasteiger partial charge < -0.3 is 81.0 Å². The minimum atomic E-state index is -1.78. The van der Waals surface area contributed by atoms with Gasteiger partial charge in [0.05, 0.1) is 19.0 Å². The third-order valence-corrected chi connectivity index (χ3v) is 13.8. The number of benzene rings is 2. The van der Waals surface area contributed by atoms with Crippen molar-refractivity contribution in [2.24, 2.45) is 28.7 Å². The second-order valence-electron chi connectivity index (χ2n) is 17.6. The van der Waals surface area contributed by atoms with Crippen LogP contribution in [0, 0.1) is 0 Å². The molecule has 0 aromatic heterocycles. The van der Waals surface area contributed by atoms with E-state index in [1.165, 1.54) is 29.2 Å². The highest BCUT2D eigenvalue weighted by atomic mass is 33.1. The van der Waals surface area contributed by atoms with Gasteiger partial charge in [-0.25, -0.2) is 0 Å². The number of phenolic OH excluding ortho intramolecular Hbond substituents is 1. The first-order chi connectivity index (χ1) is 36.0. The lowest BCUT2D eigenvalue weighted by molar-refractivity contribution is -0.142. The predicted molar refractivity (Wildman–Crippen MR) is 277 cm³/mol. The first-order valence-corrected chi connectivity index (χ1v) is 26.4. The Kier molecular flexibility index (Phi) is 26.5. The van der Waals surface area contributed by atoms with Gasteiger partial charge in [-0.2, -0.15) is 0 Å². The van der Waals surface area contributed by atoms with Crippen molar-refractivity contribution in [1.29, 1.82) is 0 Å². The van der Waals surface area contributed by atoms with Gasteiger partial charge in [0.15, 0.2) is 0 Å². The van der Waals surface area contributed by atoms with E-state index in [0.717, 1.165) is 28.5 Å². The predicted octanol–water partition coefficient (Wildman–Crippen LogP) is -4.63. The third kappa shape index (κ3) is 22.1. The number of nitrogens with one attached hydrogen (secondary N) is 7. The summed E-state index contributed by atoms with van der Waals surface area (Å²) in [6.07, 6.45) is -1.10. The molecule has 29 heteroatoms. The average molecular weight is 1100 g/mol. The number of rotatable bonds is 18. The van der Waals surface area contributed by atoms with Crippen molar-refractivity contribution in [2.75, 3.05) is 31.1 Å². The number of carboxylic acid groups (broad SMARTS) is 1. The molecular weight excluding hydrogens is 1030 g/mol. The van der Waals surface area contributed by atoms with Crippen molar-refractivity contribution in [1.82, 2.24) is 42.1 Å². The summed E-state index contributed by atoms with van der Waals surface area (Å²) in [7, 11) is 2.02. The van der Waals surface area contributed by atoms with E-state index in [-0.39, 0.29) is 56.0 Å². The Balaban J connectivity index is 0.00000366. The molecule has 76 heavy (non-hydrogen) atoms. The average Bonchev–Trinajstić information content (AvgIpc) is 3.86. The van der Waals surface area contributed by atoms with Gasteiger partial charge >= 0.3 is 0 Å². The fourth-order valence-electron chi connectivity index (χ4n) is 7.62. The van der Waals surface area contributed by atoms with Gasteiger partial charge in [0.1, 0.15) is 48.0 Å². The van der Waals surface area contributed by atoms with E-state index in [4.69, 9.17) is 38.6 Å². The van der Waals surface area contributed by atoms with Crippen molar-refractivity contribution in [3.8, 4) is 5.75 Å². The molecule has 0 saturated carbocycles. The zero-order valence-electron chi connectivity index (χ0n) is 41.7. The molecule has 4 rings (SSSR count). The highest BCUT2D eigenvalue weighted by molar-refractivity contribution is 8.76. The molecule has 2 aliphatic rings. The van der Waals surface area contributed by atoms with Crippen LogP contribution in [0.2, 0.25) is 0 Å². The Morgan fingerprint density at radius 1 is 0.724 bits per heavy atom. The number of carboxylic acids is 1. The molecule has 2 heterocycles. The summed E-state index contributed by atoms with van der Waals surface area (Å²) >= 11 is 0. The number of aliphatic carboxylic acids is 1. The summed E-state index contributed by atoms with van der Waals surface area (Å²) in [6, 6.07) is 3.04. The summed E-state index contributed by atoms with van der Waals surface area (Å²) in [4.78, 5) is 158. The molecule has 2 aliphatic heterocycles. The highest BCUT2D eigenvalue weighted by Crippen LogP contribution is 2.26. The van der Waals surface area contributed by atoms with Crippen molar-refractivity contribution in [3.63, 3.8) is 0 Å². The molecule has 2 aromatic carbocycles. The van der Waals surface area contributed by atoms with Crippen LogP contribution < -0.4 is 65.9 Å². The molecule has 2 saturated heterocycles. The van der Waals surface area contributed by atoms with Gasteiger partial charge in [-0.1, -0.05) is 64.1 Å². The number of hydrogen-bond donors (Lipinski definition) is 14. The molecule has 0 aliphatic carbocycles. The number of phenols is 1. The molecule has 416 valence electrons. The normalized spacial score (nSPS) is 22.3. The summed E-state index contributed by atoms with van der Waals surface area (Å²) in [6.45, 7) is 0.784. The van der Waals surface area contributed by atoms with Crippen LogP contribution in [0.1, 0.15) is 63.0 Å². The second kappa shape index (κ2) is 32.1. The fourth-order valence-corrected chi connectivity index (χ4v) is 9.90. The topological polar surface area (TPSA) is 463 Å². The molecule has 27 nitrogen and oxygen atoms in total. The van der Waals surface area contributed by atoms with Crippen LogP contribution in [0.25, 0.3) is 0 Å². The first-order valence-electron chi connectivity index (χ1n) is 24.0. The molecular formula is C47H67N13O14S2. The van der Waals surface area contributed by atoms with E-state index >= 15 is 0 Å². The smallest absolute Gasteiger partial charge is 0.300 e. The van der Waals surface area contributed by atoms with Crippen molar-refractivity contribution in [3.05, 3.63) is 65.7 Å². The SMILES string of the molecule is CC(=O)O.NCCC[C@H](NC(=O)[C@@H]1CCCN1C(=O)[C@@H]1CSSC[C@H](N)C(=O)NC(Cc2ccc(O)cc2)C(=O)N[C@@H](Cc2ccccc2)C(=O)N[C@@H](CCC(N)=O)C(=O)NC(CC(N)=O)C(=O)N1)C(=O)NCC(N)=O. The van der Waals surface area contributed by atoms with E-state index in [9.17, 15) is 57.8 Å². The molecule has 0 spiro atoms. The lowest BCUT2D eigenvalue weighted by Crippen LogP contribution is -2.61. The lowest BCUT2D eigenvalue weighted by Gasteiger charge is -2.31. The van der Waals surface area contributed by atoms with Crippen LogP contribution in [0.15, 0.2) is 54.6 Å². The van der Waals surface area contributed by atoms with Gasteiger partial charge in [-0.05, 0) is 61.9 Å². The number of primary amides is 3. The molecule has 0 radical (unpaired) electrons. The molecule has 2 aromatic rings. The Morgan fingerprint density at radius 2 is 1.26 bits per heavy atom. The number of carbonyl (C=O) groups excluding carboxylic acids is 11. The minimum Gasteiger partial charge on any atom is -0.508 e. The highest BCUT2D eigenvalue weighted by Gasteiger charge is 2.40. The number of nitrogens with two attached hydrogens (primary N) is 5. The van der Waals surface area contributed by atoms with Gasteiger partial charge in [0, 0.05) is 44.2 Å². The minimum absolute atomic E-state index is 0.0281. The maximum Gasteiger partial charge on any atom is 0.300 e. The Hall–Kier alpha value is -7.50. The molecule has 2 fully saturated rings. The summed E-state index contributed by atoms with van der Waals surface area (Å²) in [5.74, 6) is -10.9. The lowest BCUT2D eigenvalue weighted by atomic mass is 10.0. The fraction of sp³-hybridized carbons (Fsp3) is 0.489. The largest absolute Gasteiger partial charge is 0.508 e. The molecule has 19 N–H and O–H groups in total. The van der Waals surface area contributed by atoms with Crippen LogP contribution in [0.5, 0.6) is 5.75 Å². The Morgan fingerprint density at radius 3 is 1.84 bits per heavy atom. The monoisotopic (exact) mass is 1100 g/mol. The second-order valence-corrected chi connectivity index (χ2v) is 20.2. The van der Waals surface area contributed by atoms with Crippen molar-refractivity contribution >= 4 is 92.5 Å². The van der Waals surface area contributed by atoms with Crippen LogP contribution in [-0.2, 0) is 70.4 Å². The quantitative estimate of drug-likeness (QED) is 0.0625. The number of carbonyl (C=O) groups is 12. The van der Waals surface area contributed by atoms with Crippen LogP contribution >= 0.6 is 21.6 Å². The van der Waals surface area contributed by atoms with Crippen molar-refractivity contribution < 1.29 is 67.7 Å². The number of likely N-dealkylation sites (tertiary alicyclic amines) is 1. The maximum absolute atomic E-state index is 14.5. The molecule has 2 unspecified atom stereocenters. The molecule has 0 bridgehead atoms. The standard InChI is InChI=1S/C45H63N13O12S2.C2H4O2/c46-16-4-8-28(39(64)51-21-37(50)62)53-44(69)34-9-5-17-58(34)45(70)33-23-72-71-22-27(47)38(63)54-30(19-25-10-12-26(59)13-11-25)42(67)55-31(18-24-6-2-1-3-7-24)41(66)52-29(14-15-35(48)60)40(65)56-32(20-36(49)61)43(68)57-33;1-2(3)4/h1-3,6-7,10-13,27-34,59H,4-5,8-9,14-23,46-47H2,(H2,48,60)(H2,49,61)(H2,50,62)(H,51,64)(H,52,66)(H,53,69)(H,54,63)(H,55,67)(H,56,65)(H,57,68);1H3,(H,3,4)/t27-,28-,29-,30?,31-,32?,33-,34-;/m0./s1. The van der Waals surface area contributed by atoms with Gasteiger partial charge in [-0.3, -0.25) is 57.5 Å². The van der Waals surface area contributed by atoms with E-state index in [0.29, 0.717) is 24.0 Å². The first kappa shape index (κ1) is 62.8. The van der Waals surface area contributed by atoms with Crippen LogP contribution in [0.4, 0.5) is 0 Å². The zero-order valence-corrected chi connectivity index (χ0v) is 43.3. The molecule has 11 amide bonds. The van der Waals surface area contributed by atoms with E-state index < -0.39 is 145 Å². The number of amides is 11. The number of nitrogens with zero attached hydrogens (tertiary/aromatic N) is 1. The molecule has 8 atom stereocenters. The third-order valence-electron chi connectivity index (χ3n) is 11.4. The van der Waals surface area contributed by atoms with E-state index in [2.05, 4.69) is 37.2 Å². The Labute approximate surface area is 445 Å². The van der Waals surface area contributed by atoms with Gasteiger partial charge in [0.25, 0.3) is 5.97 Å². The van der Waals surface area contributed by atoms with E-state index in [1.807, 2.05) is 0 Å². The zero-order chi connectivity index (χ0) is 56.5. The van der Waals surface area contributed by atoms with Crippen LogP contribution in [0.3, 0.4) is 0 Å².